The Labute approximate surface area is 120 Å². The smallest absolute Gasteiger partial charge is 0.304 e. The van der Waals surface area contributed by atoms with Crippen LogP contribution in [-0.2, 0) is 0 Å². The number of benzene rings is 1. The van der Waals surface area contributed by atoms with Crippen LogP contribution in [0.2, 0.25) is 0 Å². The highest BCUT2D eigenvalue weighted by molar-refractivity contribution is 9.10. The molecule has 0 atom stereocenters. The molecular formula is C12H7BrFN3O3. The van der Waals surface area contributed by atoms with Gasteiger partial charge in [-0.25, -0.2) is 4.98 Å². The zero-order valence-corrected chi connectivity index (χ0v) is 11.4. The maximum absolute atomic E-state index is 13.4. The Kier molecular flexibility index (Phi) is 4.04. The van der Waals surface area contributed by atoms with Gasteiger partial charge in [0.05, 0.1) is 4.92 Å². The maximum atomic E-state index is 13.4. The molecular weight excluding hydrogens is 333 g/mol. The maximum Gasteiger partial charge on any atom is 0.304 e. The second kappa shape index (κ2) is 5.74. The first-order valence-corrected chi connectivity index (χ1v) is 6.13. The van der Waals surface area contributed by atoms with Crippen LogP contribution in [0.25, 0.3) is 0 Å². The highest BCUT2D eigenvalue weighted by Crippen LogP contribution is 2.21. The second-order valence-electron chi connectivity index (χ2n) is 3.74. The van der Waals surface area contributed by atoms with Crippen LogP contribution in [-0.4, -0.2) is 15.8 Å². The number of amides is 1. The van der Waals surface area contributed by atoms with Crippen molar-refractivity contribution in [1.82, 2.24) is 4.98 Å². The average Bonchev–Trinajstić information content (AvgIpc) is 2.38. The number of nitro groups is 1. The molecule has 8 heteroatoms. The van der Waals surface area contributed by atoms with Crippen molar-refractivity contribution in [3.63, 3.8) is 0 Å². The first-order chi connectivity index (χ1) is 9.47. The molecule has 1 aromatic heterocycles. The number of nitrogens with one attached hydrogen (secondary N) is 1. The number of hydrogen-bond acceptors (Lipinski definition) is 4. The molecule has 0 spiro atoms. The number of nitro benzene ring substituents is 1. The Morgan fingerprint density at radius 1 is 1.35 bits per heavy atom. The predicted octanol–water partition coefficient (Wildman–Crippen LogP) is 3.14. The van der Waals surface area contributed by atoms with E-state index in [0.717, 1.165) is 12.1 Å². The minimum atomic E-state index is -1.01. The molecule has 1 N–H and O–H groups in total. The fourth-order valence-electron chi connectivity index (χ4n) is 1.48. The van der Waals surface area contributed by atoms with Gasteiger partial charge in [-0.1, -0.05) is 0 Å². The third-order valence-electron chi connectivity index (χ3n) is 2.39. The van der Waals surface area contributed by atoms with Crippen molar-refractivity contribution >= 4 is 33.2 Å². The van der Waals surface area contributed by atoms with Crippen molar-refractivity contribution in [3.8, 4) is 0 Å². The normalized spacial score (nSPS) is 10.1. The monoisotopic (exact) mass is 339 g/mol. The van der Waals surface area contributed by atoms with Crippen LogP contribution in [0.15, 0.2) is 41.1 Å². The van der Waals surface area contributed by atoms with Gasteiger partial charge in [-0.2, -0.15) is 4.39 Å². The fourth-order valence-corrected chi connectivity index (χ4v) is 1.84. The Morgan fingerprint density at radius 3 is 2.70 bits per heavy atom. The number of pyridine rings is 1. The fraction of sp³-hybridized carbons (Fsp3) is 0. The highest BCUT2D eigenvalue weighted by atomic mass is 79.9. The molecule has 0 bridgehead atoms. The van der Waals surface area contributed by atoms with E-state index in [2.05, 4.69) is 26.2 Å². The molecule has 2 aromatic rings. The predicted molar refractivity (Wildman–Crippen MR) is 72.9 cm³/mol. The van der Waals surface area contributed by atoms with E-state index in [9.17, 15) is 19.3 Å². The van der Waals surface area contributed by atoms with Gasteiger partial charge in [-0.3, -0.25) is 14.9 Å². The van der Waals surface area contributed by atoms with Crippen LogP contribution in [0.3, 0.4) is 0 Å². The van der Waals surface area contributed by atoms with Gasteiger partial charge in [0.25, 0.3) is 5.91 Å². The van der Waals surface area contributed by atoms with E-state index in [1.165, 1.54) is 24.4 Å². The summed E-state index contributed by atoms with van der Waals surface area (Å²) in [5.41, 5.74) is -0.189. The lowest BCUT2D eigenvalue weighted by Gasteiger charge is -2.05. The molecule has 1 heterocycles. The molecule has 0 aliphatic heterocycles. The van der Waals surface area contributed by atoms with Gasteiger partial charge in [-0.05, 0) is 34.1 Å². The summed E-state index contributed by atoms with van der Waals surface area (Å²) in [6.07, 6.45) is 1.44. The first-order valence-electron chi connectivity index (χ1n) is 5.34. The molecule has 6 nitrogen and oxygen atoms in total. The summed E-state index contributed by atoms with van der Waals surface area (Å²) in [6.45, 7) is 0. The van der Waals surface area contributed by atoms with E-state index in [1.807, 2.05) is 0 Å². The minimum Gasteiger partial charge on any atom is -0.322 e. The lowest BCUT2D eigenvalue weighted by atomic mass is 10.2. The molecule has 2 rings (SSSR count). The number of rotatable bonds is 3. The van der Waals surface area contributed by atoms with Gasteiger partial charge in [0.2, 0.25) is 5.82 Å². The van der Waals surface area contributed by atoms with E-state index >= 15 is 0 Å². The number of halogens is 2. The summed E-state index contributed by atoms with van der Waals surface area (Å²) in [7, 11) is 0. The third-order valence-corrected chi connectivity index (χ3v) is 2.82. The van der Waals surface area contributed by atoms with E-state index in [-0.39, 0.29) is 5.69 Å². The van der Waals surface area contributed by atoms with Gasteiger partial charge in [0.1, 0.15) is 4.60 Å². The molecule has 0 fully saturated rings. The van der Waals surface area contributed by atoms with Crippen molar-refractivity contribution in [2.24, 2.45) is 0 Å². The van der Waals surface area contributed by atoms with Gasteiger partial charge in [-0.15, -0.1) is 0 Å². The van der Waals surface area contributed by atoms with Crippen molar-refractivity contribution in [2.75, 3.05) is 5.32 Å². The van der Waals surface area contributed by atoms with Crippen LogP contribution in [0.5, 0.6) is 0 Å². The summed E-state index contributed by atoms with van der Waals surface area (Å²) in [6, 6.07) is 6.13. The Bertz CT molecular complexity index is 693. The number of carbonyl (C=O) groups is 1. The number of anilines is 1. The minimum absolute atomic E-state index is 0.131. The summed E-state index contributed by atoms with van der Waals surface area (Å²) in [5, 5.41) is 12.9. The molecule has 0 aliphatic rings. The zero-order valence-electron chi connectivity index (χ0n) is 9.84. The average molecular weight is 340 g/mol. The van der Waals surface area contributed by atoms with Crippen molar-refractivity contribution in [1.29, 1.82) is 0 Å². The summed E-state index contributed by atoms with van der Waals surface area (Å²) in [5.74, 6) is -1.48. The van der Waals surface area contributed by atoms with Crippen LogP contribution >= 0.6 is 15.9 Å². The third kappa shape index (κ3) is 3.15. The van der Waals surface area contributed by atoms with E-state index in [0.29, 0.717) is 10.2 Å². The van der Waals surface area contributed by atoms with Crippen LogP contribution in [0.1, 0.15) is 10.4 Å². The van der Waals surface area contributed by atoms with E-state index < -0.39 is 22.3 Å². The molecule has 20 heavy (non-hydrogen) atoms. The Balaban J connectivity index is 2.20. The van der Waals surface area contributed by atoms with Crippen molar-refractivity contribution in [3.05, 3.63) is 62.6 Å². The Hall–Kier alpha value is -2.35. The molecule has 0 radical (unpaired) electrons. The zero-order chi connectivity index (χ0) is 14.7. The number of aromatic nitrogens is 1. The largest absolute Gasteiger partial charge is 0.322 e. The molecule has 0 unspecified atom stereocenters. The highest BCUT2D eigenvalue weighted by Gasteiger charge is 2.15. The lowest BCUT2D eigenvalue weighted by Crippen LogP contribution is -2.12. The summed E-state index contributed by atoms with van der Waals surface area (Å²) < 4.78 is 13.9. The van der Waals surface area contributed by atoms with Crippen LogP contribution in [0.4, 0.5) is 15.8 Å². The lowest BCUT2D eigenvalue weighted by molar-refractivity contribution is -0.387. The molecule has 102 valence electrons. The molecule has 1 amide bonds. The number of hydrogen-bond donors (Lipinski definition) is 1. The standard InChI is InChI=1S/C12H7BrFN3O3/c13-11-5-7(3-4-15-11)12(18)16-8-1-2-10(17(19)20)9(14)6-8/h1-6H,(H,16,18). The summed E-state index contributed by atoms with van der Waals surface area (Å²) in [4.78, 5) is 25.4. The van der Waals surface area contributed by atoms with E-state index in [1.54, 1.807) is 0 Å². The van der Waals surface area contributed by atoms with E-state index in [4.69, 9.17) is 0 Å². The van der Waals surface area contributed by atoms with Gasteiger partial charge < -0.3 is 5.32 Å². The second-order valence-corrected chi connectivity index (χ2v) is 4.56. The van der Waals surface area contributed by atoms with Crippen LogP contribution in [0, 0.1) is 15.9 Å². The molecule has 0 saturated heterocycles. The first kappa shape index (κ1) is 14.1. The van der Waals surface area contributed by atoms with Crippen molar-refractivity contribution in [2.45, 2.75) is 0 Å². The van der Waals surface area contributed by atoms with Gasteiger partial charge in [0.15, 0.2) is 0 Å². The van der Waals surface area contributed by atoms with Gasteiger partial charge in [0, 0.05) is 29.6 Å². The molecule has 1 aromatic carbocycles. The van der Waals surface area contributed by atoms with Crippen molar-refractivity contribution < 1.29 is 14.1 Å². The van der Waals surface area contributed by atoms with Gasteiger partial charge >= 0.3 is 5.69 Å². The quantitative estimate of drug-likeness (QED) is 0.528. The molecule has 0 saturated carbocycles. The number of nitrogens with zero attached hydrogens (tertiary/aromatic N) is 2. The topological polar surface area (TPSA) is 85.1 Å². The SMILES string of the molecule is O=C(Nc1ccc([N+](=O)[O-])c(F)c1)c1ccnc(Br)c1. The Morgan fingerprint density at radius 2 is 2.10 bits per heavy atom. The molecule has 0 aliphatic carbocycles. The summed E-state index contributed by atoms with van der Waals surface area (Å²) >= 11 is 3.13. The number of carbonyl (C=O) groups excluding carboxylic acids is 1. The van der Waals surface area contributed by atoms with Crippen LogP contribution < -0.4 is 5.32 Å².